The highest BCUT2D eigenvalue weighted by Crippen LogP contribution is 2.21. The van der Waals surface area contributed by atoms with Crippen molar-refractivity contribution in [1.82, 2.24) is 9.88 Å². The van der Waals surface area contributed by atoms with Crippen LogP contribution < -0.4 is 0 Å². The number of nitrogens with zero attached hydrogens (tertiary/aromatic N) is 2. The Hall–Kier alpha value is -0.840. The van der Waals surface area contributed by atoms with E-state index in [0.29, 0.717) is 30.3 Å². The monoisotopic (exact) mass is 274 g/mol. The Kier molecular flexibility index (Phi) is 3.86. The summed E-state index contributed by atoms with van der Waals surface area (Å²) < 4.78 is 5.29. The summed E-state index contributed by atoms with van der Waals surface area (Å²) in [5.41, 5.74) is 0.389. The number of pyridine rings is 1. The number of ether oxygens (including phenoxy) is 1. The van der Waals surface area contributed by atoms with E-state index in [4.69, 9.17) is 27.9 Å². The molecule has 1 saturated heterocycles. The number of hydrogen-bond donors (Lipinski definition) is 0. The van der Waals surface area contributed by atoms with E-state index in [1.54, 1.807) is 4.90 Å². The molecule has 0 N–H and O–H groups in total. The van der Waals surface area contributed by atoms with Crippen LogP contribution in [0, 0.1) is 0 Å². The molecule has 17 heavy (non-hydrogen) atoms. The maximum Gasteiger partial charge on any atom is 0.255 e. The fourth-order valence-corrected chi connectivity index (χ4v) is 2.10. The second kappa shape index (κ2) is 5.21. The molecule has 1 atom stereocenters. The molecule has 0 saturated carbocycles. The zero-order chi connectivity index (χ0) is 12.4. The standard InChI is InChI=1S/C11H12Cl2N2O2/c1-7-6-17-3-2-15(7)11(16)8-4-10(13)14-5-9(8)12/h4-5,7H,2-3,6H2,1H3. The third-order valence-corrected chi connectivity index (χ3v) is 3.19. The van der Waals surface area contributed by atoms with Crippen LogP contribution in [0.3, 0.4) is 0 Å². The molecule has 1 aliphatic heterocycles. The Labute approximate surface area is 109 Å². The van der Waals surface area contributed by atoms with Crippen LogP contribution in [0.5, 0.6) is 0 Å². The lowest BCUT2D eigenvalue weighted by Gasteiger charge is -2.33. The molecule has 0 aliphatic carbocycles. The van der Waals surface area contributed by atoms with Gasteiger partial charge in [-0.1, -0.05) is 23.2 Å². The summed E-state index contributed by atoms with van der Waals surface area (Å²) >= 11 is 11.7. The third-order valence-electron chi connectivity index (χ3n) is 2.68. The van der Waals surface area contributed by atoms with Crippen LogP contribution in [0.4, 0.5) is 0 Å². The maximum atomic E-state index is 12.3. The van der Waals surface area contributed by atoms with Gasteiger partial charge < -0.3 is 9.64 Å². The van der Waals surface area contributed by atoms with E-state index in [1.807, 2.05) is 6.92 Å². The molecule has 2 rings (SSSR count). The zero-order valence-corrected chi connectivity index (χ0v) is 10.8. The van der Waals surface area contributed by atoms with Crippen LogP contribution in [-0.2, 0) is 4.74 Å². The van der Waals surface area contributed by atoms with Crippen LogP contribution >= 0.6 is 23.2 Å². The van der Waals surface area contributed by atoms with Crippen LogP contribution in [0.15, 0.2) is 12.3 Å². The van der Waals surface area contributed by atoms with Crippen molar-refractivity contribution >= 4 is 29.1 Å². The highest BCUT2D eigenvalue weighted by molar-refractivity contribution is 6.35. The lowest BCUT2D eigenvalue weighted by molar-refractivity contribution is 0.00360. The fourth-order valence-electron chi connectivity index (χ4n) is 1.76. The van der Waals surface area contributed by atoms with E-state index in [1.165, 1.54) is 12.3 Å². The molecule has 0 radical (unpaired) electrons. The molecule has 1 aliphatic rings. The van der Waals surface area contributed by atoms with Crippen molar-refractivity contribution in [2.45, 2.75) is 13.0 Å². The molecule has 1 aromatic heterocycles. The van der Waals surface area contributed by atoms with Gasteiger partial charge in [0.25, 0.3) is 5.91 Å². The average Bonchev–Trinajstić information content (AvgIpc) is 2.32. The summed E-state index contributed by atoms with van der Waals surface area (Å²) in [7, 11) is 0. The van der Waals surface area contributed by atoms with Gasteiger partial charge in [-0.05, 0) is 13.0 Å². The molecule has 1 unspecified atom stereocenters. The second-order valence-electron chi connectivity index (χ2n) is 3.91. The van der Waals surface area contributed by atoms with Crippen molar-refractivity contribution in [2.75, 3.05) is 19.8 Å². The fraction of sp³-hybridized carbons (Fsp3) is 0.455. The molecule has 4 nitrogen and oxygen atoms in total. The molecule has 0 bridgehead atoms. The summed E-state index contributed by atoms with van der Waals surface area (Å²) in [6.07, 6.45) is 1.39. The molecule has 0 spiro atoms. The predicted octanol–water partition coefficient (Wildman–Crippen LogP) is 2.25. The topological polar surface area (TPSA) is 42.4 Å². The molecule has 1 amide bonds. The van der Waals surface area contributed by atoms with Gasteiger partial charge in [-0.2, -0.15) is 0 Å². The van der Waals surface area contributed by atoms with E-state index in [9.17, 15) is 4.79 Å². The van der Waals surface area contributed by atoms with Crippen molar-refractivity contribution in [3.8, 4) is 0 Å². The van der Waals surface area contributed by atoms with Gasteiger partial charge >= 0.3 is 0 Å². The quantitative estimate of drug-likeness (QED) is 0.738. The summed E-state index contributed by atoms with van der Waals surface area (Å²) in [6.45, 7) is 3.60. The third kappa shape index (κ3) is 2.70. The number of rotatable bonds is 1. The first kappa shape index (κ1) is 12.6. The first-order valence-electron chi connectivity index (χ1n) is 5.29. The van der Waals surface area contributed by atoms with Crippen LogP contribution in [-0.4, -0.2) is 41.6 Å². The van der Waals surface area contributed by atoms with Crippen molar-refractivity contribution in [1.29, 1.82) is 0 Å². The van der Waals surface area contributed by atoms with Gasteiger partial charge in [-0.15, -0.1) is 0 Å². The van der Waals surface area contributed by atoms with Gasteiger partial charge in [-0.25, -0.2) is 4.98 Å². The maximum absolute atomic E-state index is 12.3. The van der Waals surface area contributed by atoms with Gasteiger partial charge in [0, 0.05) is 12.7 Å². The number of aromatic nitrogens is 1. The van der Waals surface area contributed by atoms with Gasteiger partial charge in [0.1, 0.15) is 5.15 Å². The Morgan fingerprint density at radius 2 is 2.35 bits per heavy atom. The molecule has 2 heterocycles. The number of carbonyl (C=O) groups is 1. The van der Waals surface area contributed by atoms with E-state index in [0.717, 1.165) is 0 Å². The van der Waals surface area contributed by atoms with Crippen LogP contribution in [0.2, 0.25) is 10.2 Å². The zero-order valence-electron chi connectivity index (χ0n) is 9.32. The SMILES string of the molecule is CC1COCCN1C(=O)c1cc(Cl)ncc1Cl. The predicted molar refractivity (Wildman–Crippen MR) is 65.6 cm³/mol. The van der Waals surface area contributed by atoms with Crippen molar-refractivity contribution in [3.05, 3.63) is 28.0 Å². The lowest BCUT2D eigenvalue weighted by atomic mass is 10.2. The number of halogens is 2. The summed E-state index contributed by atoms with van der Waals surface area (Å²) in [6, 6.07) is 1.54. The second-order valence-corrected chi connectivity index (χ2v) is 4.70. The molecule has 92 valence electrons. The van der Waals surface area contributed by atoms with E-state index in [-0.39, 0.29) is 17.1 Å². The molecule has 0 aromatic carbocycles. The average molecular weight is 275 g/mol. The van der Waals surface area contributed by atoms with Crippen LogP contribution in [0.1, 0.15) is 17.3 Å². The lowest BCUT2D eigenvalue weighted by Crippen LogP contribution is -2.47. The highest BCUT2D eigenvalue weighted by atomic mass is 35.5. The highest BCUT2D eigenvalue weighted by Gasteiger charge is 2.26. The largest absolute Gasteiger partial charge is 0.377 e. The Morgan fingerprint density at radius 1 is 1.59 bits per heavy atom. The molecule has 1 aromatic rings. The number of morpholine rings is 1. The Balaban J connectivity index is 2.26. The first-order valence-corrected chi connectivity index (χ1v) is 6.05. The van der Waals surface area contributed by atoms with Gasteiger partial charge in [0.2, 0.25) is 0 Å². The number of amides is 1. The minimum atomic E-state index is -0.130. The Morgan fingerprint density at radius 3 is 3.06 bits per heavy atom. The van der Waals surface area contributed by atoms with Crippen LogP contribution in [0.25, 0.3) is 0 Å². The number of hydrogen-bond acceptors (Lipinski definition) is 3. The van der Waals surface area contributed by atoms with E-state index in [2.05, 4.69) is 4.98 Å². The molecule has 6 heteroatoms. The molecular formula is C11H12Cl2N2O2. The van der Waals surface area contributed by atoms with Crippen molar-refractivity contribution < 1.29 is 9.53 Å². The van der Waals surface area contributed by atoms with Gasteiger partial charge in [0.05, 0.1) is 29.8 Å². The minimum Gasteiger partial charge on any atom is -0.377 e. The molecular weight excluding hydrogens is 263 g/mol. The summed E-state index contributed by atoms with van der Waals surface area (Å²) in [4.78, 5) is 17.8. The minimum absolute atomic E-state index is 0.0410. The summed E-state index contributed by atoms with van der Waals surface area (Å²) in [5, 5.41) is 0.580. The van der Waals surface area contributed by atoms with E-state index < -0.39 is 0 Å². The molecule has 1 fully saturated rings. The first-order chi connectivity index (χ1) is 8.09. The van der Waals surface area contributed by atoms with E-state index >= 15 is 0 Å². The van der Waals surface area contributed by atoms with Gasteiger partial charge in [0.15, 0.2) is 0 Å². The number of carbonyl (C=O) groups excluding carboxylic acids is 1. The smallest absolute Gasteiger partial charge is 0.255 e. The summed E-state index contributed by atoms with van der Waals surface area (Å²) in [5.74, 6) is -0.130. The van der Waals surface area contributed by atoms with Crippen molar-refractivity contribution in [2.24, 2.45) is 0 Å². The van der Waals surface area contributed by atoms with Gasteiger partial charge in [-0.3, -0.25) is 4.79 Å². The Bertz CT molecular complexity index is 439. The normalized spacial score (nSPS) is 20.4. The van der Waals surface area contributed by atoms with Crippen molar-refractivity contribution in [3.63, 3.8) is 0 Å².